The minimum absolute atomic E-state index is 0.304. The Bertz CT molecular complexity index is 410. The Balaban J connectivity index is 1.88. The highest BCUT2D eigenvalue weighted by atomic mass is 19.1. The minimum atomic E-state index is -1.13. The summed E-state index contributed by atoms with van der Waals surface area (Å²) >= 11 is 0. The fraction of sp³-hybridized carbons (Fsp3) is 0.533. The molecule has 0 spiro atoms. The van der Waals surface area contributed by atoms with E-state index in [1.165, 1.54) is 5.56 Å². The molecule has 1 aromatic carbocycles. The first-order valence-electron chi connectivity index (χ1n) is 6.77. The number of carbonyl (C=O) groups is 1. The molecule has 4 heteroatoms. The molecule has 0 saturated carbocycles. The van der Waals surface area contributed by atoms with Crippen LogP contribution < -0.4 is 0 Å². The van der Waals surface area contributed by atoms with E-state index >= 15 is 0 Å². The minimum Gasteiger partial charge on any atom is -0.466 e. The predicted molar refractivity (Wildman–Crippen MR) is 71.4 cm³/mol. The lowest BCUT2D eigenvalue weighted by Gasteiger charge is -2.33. The summed E-state index contributed by atoms with van der Waals surface area (Å²) in [6.07, 6.45) is -0.594. The van der Waals surface area contributed by atoms with Gasteiger partial charge in [0, 0.05) is 13.1 Å². The van der Waals surface area contributed by atoms with Crippen LogP contribution in [0.2, 0.25) is 0 Å². The molecule has 3 nitrogen and oxygen atoms in total. The number of rotatable bonds is 4. The highest BCUT2D eigenvalue weighted by Crippen LogP contribution is 2.23. The summed E-state index contributed by atoms with van der Waals surface area (Å²) in [4.78, 5) is 13.6. The molecule has 2 atom stereocenters. The number of piperidine rings is 1. The zero-order chi connectivity index (χ0) is 13.7. The van der Waals surface area contributed by atoms with Gasteiger partial charge in [-0.05, 0) is 25.5 Å². The standard InChI is InChI=1S/C15H20FNO2/c1-2-19-15(18)13-8-9-17(11-14(13)16)10-12-6-4-3-5-7-12/h3-7,13-14H,2,8-11H2,1H3. The third-order valence-corrected chi connectivity index (χ3v) is 3.46. The van der Waals surface area contributed by atoms with E-state index in [1.807, 2.05) is 30.3 Å². The van der Waals surface area contributed by atoms with Crippen LogP contribution in [0, 0.1) is 5.92 Å². The quantitative estimate of drug-likeness (QED) is 0.783. The van der Waals surface area contributed by atoms with Gasteiger partial charge in [0.05, 0.1) is 12.5 Å². The number of hydrogen-bond donors (Lipinski definition) is 0. The molecule has 0 N–H and O–H groups in total. The van der Waals surface area contributed by atoms with Crippen LogP contribution in [0.25, 0.3) is 0 Å². The lowest BCUT2D eigenvalue weighted by atomic mass is 9.94. The van der Waals surface area contributed by atoms with E-state index in [-0.39, 0.29) is 0 Å². The van der Waals surface area contributed by atoms with E-state index in [4.69, 9.17) is 4.74 Å². The number of hydrogen-bond acceptors (Lipinski definition) is 3. The molecule has 1 heterocycles. The number of likely N-dealkylation sites (tertiary alicyclic amines) is 1. The van der Waals surface area contributed by atoms with Crippen molar-refractivity contribution in [2.75, 3.05) is 19.7 Å². The molecule has 19 heavy (non-hydrogen) atoms. The Morgan fingerprint density at radius 2 is 2.16 bits per heavy atom. The molecular formula is C15H20FNO2. The summed E-state index contributed by atoms with van der Waals surface area (Å²) in [6.45, 7) is 3.83. The second-order valence-electron chi connectivity index (χ2n) is 4.88. The summed E-state index contributed by atoms with van der Waals surface area (Å²) in [6, 6.07) is 9.99. The van der Waals surface area contributed by atoms with Gasteiger partial charge in [-0.15, -0.1) is 0 Å². The Hall–Kier alpha value is -1.42. The average molecular weight is 265 g/mol. The number of ether oxygens (including phenoxy) is 1. The molecular weight excluding hydrogens is 245 g/mol. The van der Waals surface area contributed by atoms with Crippen LogP contribution in [0.3, 0.4) is 0 Å². The SMILES string of the molecule is CCOC(=O)C1CCN(Cc2ccccc2)CC1F. The largest absolute Gasteiger partial charge is 0.466 e. The van der Waals surface area contributed by atoms with Crippen LogP contribution in [0.15, 0.2) is 30.3 Å². The van der Waals surface area contributed by atoms with Crippen LogP contribution in [0.1, 0.15) is 18.9 Å². The topological polar surface area (TPSA) is 29.5 Å². The van der Waals surface area contributed by atoms with Gasteiger partial charge in [0.1, 0.15) is 6.17 Å². The van der Waals surface area contributed by atoms with Crippen molar-refractivity contribution in [3.63, 3.8) is 0 Å². The molecule has 0 bridgehead atoms. The zero-order valence-corrected chi connectivity index (χ0v) is 11.2. The number of benzene rings is 1. The zero-order valence-electron chi connectivity index (χ0n) is 11.2. The molecule has 1 aliphatic rings. The van der Waals surface area contributed by atoms with Crippen LogP contribution in [-0.2, 0) is 16.1 Å². The van der Waals surface area contributed by atoms with E-state index in [9.17, 15) is 9.18 Å². The number of esters is 1. The lowest BCUT2D eigenvalue weighted by Crippen LogP contribution is -2.44. The number of alkyl halides is 1. The maximum absolute atomic E-state index is 14.0. The maximum Gasteiger partial charge on any atom is 0.311 e. The number of halogens is 1. The second-order valence-corrected chi connectivity index (χ2v) is 4.88. The summed E-state index contributed by atoms with van der Waals surface area (Å²) in [7, 11) is 0. The van der Waals surface area contributed by atoms with Crippen LogP contribution in [-0.4, -0.2) is 36.7 Å². The van der Waals surface area contributed by atoms with E-state index < -0.39 is 18.1 Å². The highest BCUT2D eigenvalue weighted by molar-refractivity contribution is 5.73. The number of carbonyl (C=O) groups excluding carboxylic acids is 1. The van der Waals surface area contributed by atoms with Crippen molar-refractivity contribution in [3.8, 4) is 0 Å². The first kappa shape index (κ1) is 14.0. The van der Waals surface area contributed by atoms with Crippen molar-refractivity contribution in [1.82, 2.24) is 4.90 Å². The van der Waals surface area contributed by atoms with Crippen LogP contribution in [0.4, 0.5) is 4.39 Å². The molecule has 1 aliphatic heterocycles. The first-order valence-corrected chi connectivity index (χ1v) is 6.77. The molecule has 0 aromatic heterocycles. The van der Waals surface area contributed by atoms with Gasteiger partial charge in [0.25, 0.3) is 0 Å². The Morgan fingerprint density at radius 3 is 2.79 bits per heavy atom. The van der Waals surface area contributed by atoms with E-state index in [0.717, 1.165) is 13.1 Å². The van der Waals surface area contributed by atoms with Gasteiger partial charge in [-0.2, -0.15) is 0 Å². The normalized spacial score (nSPS) is 24.1. The summed E-state index contributed by atoms with van der Waals surface area (Å²) in [5.74, 6) is -0.985. The fourth-order valence-corrected chi connectivity index (χ4v) is 2.47. The molecule has 2 rings (SSSR count). The Labute approximate surface area is 113 Å². The van der Waals surface area contributed by atoms with Crippen molar-refractivity contribution in [2.45, 2.75) is 26.1 Å². The van der Waals surface area contributed by atoms with Gasteiger partial charge in [-0.3, -0.25) is 9.69 Å². The smallest absolute Gasteiger partial charge is 0.311 e. The Morgan fingerprint density at radius 1 is 1.42 bits per heavy atom. The van der Waals surface area contributed by atoms with Gasteiger partial charge in [0.15, 0.2) is 0 Å². The van der Waals surface area contributed by atoms with Gasteiger partial charge < -0.3 is 4.74 Å². The second kappa shape index (κ2) is 6.66. The van der Waals surface area contributed by atoms with Gasteiger partial charge in [-0.1, -0.05) is 30.3 Å². The molecule has 2 unspecified atom stereocenters. The van der Waals surface area contributed by atoms with E-state index in [1.54, 1.807) is 6.92 Å². The van der Waals surface area contributed by atoms with Gasteiger partial charge in [-0.25, -0.2) is 4.39 Å². The molecule has 1 saturated heterocycles. The van der Waals surface area contributed by atoms with E-state index in [0.29, 0.717) is 19.6 Å². The molecule has 0 radical (unpaired) electrons. The van der Waals surface area contributed by atoms with Gasteiger partial charge in [0.2, 0.25) is 0 Å². The highest BCUT2D eigenvalue weighted by Gasteiger charge is 2.35. The van der Waals surface area contributed by atoms with Crippen molar-refractivity contribution in [2.24, 2.45) is 5.92 Å². The predicted octanol–water partition coefficient (Wildman–Crippen LogP) is 2.41. The van der Waals surface area contributed by atoms with Crippen LogP contribution >= 0.6 is 0 Å². The maximum atomic E-state index is 14.0. The Kier molecular flexibility index (Phi) is 4.91. The summed E-state index contributed by atoms with van der Waals surface area (Å²) in [5, 5.41) is 0. The van der Waals surface area contributed by atoms with Crippen molar-refractivity contribution < 1.29 is 13.9 Å². The average Bonchev–Trinajstić information content (AvgIpc) is 2.40. The van der Waals surface area contributed by atoms with Crippen molar-refractivity contribution in [1.29, 1.82) is 0 Å². The van der Waals surface area contributed by atoms with Gasteiger partial charge >= 0.3 is 5.97 Å². The van der Waals surface area contributed by atoms with Crippen LogP contribution in [0.5, 0.6) is 0 Å². The number of nitrogens with zero attached hydrogens (tertiary/aromatic N) is 1. The molecule has 1 aromatic rings. The lowest BCUT2D eigenvalue weighted by molar-refractivity contribution is -0.152. The third kappa shape index (κ3) is 3.77. The fourth-order valence-electron chi connectivity index (χ4n) is 2.47. The monoisotopic (exact) mass is 265 g/mol. The molecule has 0 aliphatic carbocycles. The summed E-state index contributed by atoms with van der Waals surface area (Å²) in [5.41, 5.74) is 1.17. The third-order valence-electron chi connectivity index (χ3n) is 3.46. The van der Waals surface area contributed by atoms with Crippen molar-refractivity contribution in [3.05, 3.63) is 35.9 Å². The molecule has 104 valence electrons. The first-order chi connectivity index (χ1) is 9.20. The van der Waals surface area contributed by atoms with E-state index in [2.05, 4.69) is 4.90 Å². The molecule has 1 fully saturated rings. The van der Waals surface area contributed by atoms with Crippen molar-refractivity contribution >= 4 is 5.97 Å². The molecule has 0 amide bonds. The summed E-state index contributed by atoms with van der Waals surface area (Å²) < 4.78 is 18.9.